The molecule has 15 heavy (non-hydrogen) atoms. The van der Waals surface area contributed by atoms with Crippen LogP contribution in [0.1, 0.15) is 15.9 Å². The Morgan fingerprint density at radius 2 is 2.27 bits per heavy atom. The molecule has 0 aliphatic carbocycles. The second kappa shape index (κ2) is 5.12. The molecule has 0 spiro atoms. The van der Waals surface area contributed by atoms with E-state index in [-0.39, 0.29) is 5.91 Å². The molecular weight excluding hydrogens is 254 g/mol. The van der Waals surface area contributed by atoms with Crippen molar-refractivity contribution in [2.45, 2.75) is 6.92 Å². The van der Waals surface area contributed by atoms with Gasteiger partial charge in [-0.25, -0.2) is 0 Å². The second-order valence-electron chi connectivity index (χ2n) is 3.39. The maximum absolute atomic E-state index is 12.0. The first-order valence-corrected chi connectivity index (χ1v) is 5.48. The summed E-state index contributed by atoms with van der Waals surface area (Å²) in [6.07, 6.45) is 1.71. The minimum Gasteiger partial charge on any atom is -0.338 e. The van der Waals surface area contributed by atoms with Crippen LogP contribution < -0.4 is 0 Å². The molecule has 0 N–H and O–H groups in total. The molecule has 0 atom stereocenters. The quantitative estimate of drug-likeness (QED) is 0.772. The number of benzene rings is 1. The summed E-state index contributed by atoms with van der Waals surface area (Å²) < 4.78 is 0.959. The zero-order chi connectivity index (χ0) is 11.4. The van der Waals surface area contributed by atoms with Gasteiger partial charge in [0, 0.05) is 23.6 Å². The highest BCUT2D eigenvalue weighted by Crippen LogP contribution is 2.20. The van der Waals surface area contributed by atoms with Gasteiger partial charge in [0.25, 0.3) is 5.91 Å². The van der Waals surface area contributed by atoms with E-state index in [4.69, 9.17) is 0 Å². The van der Waals surface area contributed by atoms with Crippen molar-refractivity contribution in [1.82, 2.24) is 4.90 Å². The van der Waals surface area contributed by atoms with Crippen LogP contribution in [0.2, 0.25) is 0 Å². The third-order valence-electron chi connectivity index (χ3n) is 2.25. The molecule has 1 rings (SSSR count). The fraction of sp³-hybridized carbons (Fsp3) is 0.250. The van der Waals surface area contributed by atoms with Gasteiger partial charge < -0.3 is 4.90 Å². The fourth-order valence-corrected chi connectivity index (χ4v) is 1.69. The van der Waals surface area contributed by atoms with E-state index in [0.717, 1.165) is 15.6 Å². The SMILES string of the molecule is C=CCN(C)C(=O)c1cccc(Br)c1C. The summed E-state index contributed by atoms with van der Waals surface area (Å²) in [5.41, 5.74) is 1.70. The molecule has 0 aromatic heterocycles. The molecule has 1 aromatic carbocycles. The number of amides is 1. The predicted octanol–water partition coefficient (Wildman–Crippen LogP) is 3.02. The normalized spacial score (nSPS) is 9.80. The van der Waals surface area contributed by atoms with E-state index >= 15 is 0 Å². The Balaban J connectivity index is 3.01. The van der Waals surface area contributed by atoms with Gasteiger partial charge in [0.15, 0.2) is 0 Å². The number of nitrogens with zero attached hydrogens (tertiary/aromatic N) is 1. The predicted molar refractivity (Wildman–Crippen MR) is 66.0 cm³/mol. The van der Waals surface area contributed by atoms with Gasteiger partial charge in [0.05, 0.1) is 0 Å². The van der Waals surface area contributed by atoms with Crippen molar-refractivity contribution >= 4 is 21.8 Å². The first-order valence-electron chi connectivity index (χ1n) is 4.69. The molecule has 2 nitrogen and oxygen atoms in total. The number of carbonyl (C=O) groups is 1. The summed E-state index contributed by atoms with van der Waals surface area (Å²) in [6, 6.07) is 5.63. The molecule has 0 radical (unpaired) electrons. The first-order chi connectivity index (χ1) is 7.07. The minimum atomic E-state index is 0.0219. The number of rotatable bonds is 3. The summed E-state index contributed by atoms with van der Waals surface area (Å²) in [5.74, 6) is 0.0219. The van der Waals surface area contributed by atoms with Crippen LogP contribution >= 0.6 is 15.9 Å². The Morgan fingerprint density at radius 1 is 1.60 bits per heavy atom. The minimum absolute atomic E-state index is 0.0219. The van der Waals surface area contributed by atoms with Crippen molar-refractivity contribution in [3.63, 3.8) is 0 Å². The maximum atomic E-state index is 12.0. The molecule has 0 heterocycles. The number of carbonyl (C=O) groups excluding carboxylic acids is 1. The van der Waals surface area contributed by atoms with Crippen LogP contribution in [0, 0.1) is 6.92 Å². The average Bonchev–Trinajstić information content (AvgIpc) is 2.21. The molecule has 0 saturated heterocycles. The lowest BCUT2D eigenvalue weighted by atomic mass is 10.1. The van der Waals surface area contributed by atoms with Gasteiger partial charge in [0.1, 0.15) is 0 Å². The summed E-state index contributed by atoms with van der Waals surface area (Å²) in [7, 11) is 1.77. The molecule has 1 aromatic rings. The molecule has 0 unspecified atom stereocenters. The van der Waals surface area contributed by atoms with Crippen molar-refractivity contribution in [3.05, 3.63) is 46.5 Å². The number of hydrogen-bond acceptors (Lipinski definition) is 1. The van der Waals surface area contributed by atoms with Crippen LogP contribution in [0.5, 0.6) is 0 Å². The zero-order valence-corrected chi connectivity index (χ0v) is 10.5. The van der Waals surface area contributed by atoms with Crippen LogP contribution in [0.15, 0.2) is 35.3 Å². The van der Waals surface area contributed by atoms with E-state index in [9.17, 15) is 4.79 Å². The van der Waals surface area contributed by atoms with Gasteiger partial charge >= 0.3 is 0 Å². The van der Waals surface area contributed by atoms with Gasteiger partial charge in [-0.05, 0) is 24.6 Å². The highest BCUT2D eigenvalue weighted by atomic mass is 79.9. The molecule has 0 fully saturated rings. The fourth-order valence-electron chi connectivity index (χ4n) is 1.32. The summed E-state index contributed by atoms with van der Waals surface area (Å²) >= 11 is 3.41. The molecule has 3 heteroatoms. The van der Waals surface area contributed by atoms with E-state index in [1.54, 1.807) is 18.0 Å². The van der Waals surface area contributed by atoms with Gasteiger partial charge in [0.2, 0.25) is 0 Å². The summed E-state index contributed by atoms with van der Waals surface area (Å²) in [4.78, 5) is 13.6. The van der Waals surface area contributed by atoms with E-state index in [2.05, 4.69) is 22.5 Å². The van der Waals surface area contributed by atoms with Gasteiger partial charge in [-0.1, -0.05) is 28.1 Å². The van der Waals surface area contributed by atoms with E-state index in [1.807, 2.05) is 25.1 Å². The lowest BCUT2D eigenvalue weighted by molar-refractivity contribution is 0.0809. The summed E-state index contributed by atoms with van der Waals surface area (Å²) in [5, 5.41) is 0. The molecule has 80 valence electrons. The Hall–Kier alpha value is -1.09. The second-order valence-corrected chi connectivity index (χ2v) is 4.24. The Kier molecular flexibility index (Phi) is 4.09. The van der Waals surface area contributed by atoms with Crippen molar-refractivity contribution in [1.29, 1.82) is 0 Å². The zero-order valence-electron chi connectivity index (χ0n) is 8.96. The van der Waals surface area contributed by atoms with Crippen LogP contribution in [-0.2, 0) is 0 Å². The monoisotopic (exact) mass is 267 g/mol. The highest BCUT2D eigenvalue weighted by molar-refractivity contribution is 9.10. The summed E-state index contributed by atoms with van der Waals surface area (Å²) in [6.45, 7) is 6.10. The van der Waals surface area contributed by atoms with Crippen LogP contribution in [-0.4, -0.2) is 24.4 Å². The Bertz CT molecular complexity index is 387. The molecule has 0 aliphatic heterocycles. The Labute approximate surface area is 98.7 Å². The lowest BCUT2D eigenvalue weighted by Gasteiger charge is -2.16. The van der Waals surface area contributed by atoms with Crippen molar-refractivity contribution in [2.75, 3.05) is 13.6 Å². The molecule has 0 aliphatic rings. The van der Waals surface area contributed by atoms with Crippen LogP contribution in [0.4, 0.5) is 0 Å². The van der Waals surface area contributed by atoms with Crippen LogP contribution in [0.3, 0.4) is 0 Å². The van der Waals surface area contributed by atoms with Gasteiger partial charge in [-0.15, -0.1) is 6.58 Å². The average molecular weight is 268 g/mol. The third-order valence-corrected chi connectivity index (χ3v) is 3.11. The standard InChI is InChI=1S/C12H14BrNO/c1-4-8-14(3)12(15)10-6-5-7-11(13)9(10)2/h4-7H,1,8H2,2-3H3. The van der Waals surface area contributed by atoms with E-state index in [1.165, 1.54) is 0 Å². The van der Waals surface area contributed by atoms with Gasteiger partial charge in [-0.2, -0.15) is 0 Å². The van der Waals surface area contributed by atoms with Gasteiger partial charge in [-0.3, -0.25) is 4.79 Å². The van der Waals surface area contributed by atoms with E-state index in [0.29, 0.717) is 6.54 Å². The smallest absolute Gasteiger partial charge is 0.254 e. The van der Waals surface area contributed by atoms with Crippen LogP contribution in [0.25, 0.3) is 0 Å². The first kappa shape index (κ1) is 12.0. The molecular formula is C12H14BrNO. The van der Waals surface area contributed by atoms with Crippen molar-refractivity contribution < 1.29 is 4.79 Å². The number of likely N-dealkylation sites (N-methyl/N-ethyl adjacent to an activating group) is 1. The largest absolute Gasteiger partial charge is 0.338 e. The van der Waals surface area contributed by atoms with Crippen molar-refractivity contribution in [3.8, 4) is 0 Å². The topological polar surface area (TPSA) is 20.3 Å². The Morgan fingerprint density at radius 3 is 2.87 bits per heavy atom. The van der Waals surface area contributed by atoms with E-state index < -0.39 is 0 Å². The molecule has 0 bridgehead atoms. The lowest BCUT2D eigenvalue weighted by Crippen LogP contribution is -2.27. The van der Waals surface area contributed by atoms with Crippen molar-refractivity contribution in [2.24, 2.45) is 0 Å². The molecule has 1 amide bonds. The highest BCUT2D eigenvalue weighted by Gasteiger charge is 2.13. The number of halogens is 1. The third kappa shape index (κ3) is 2.69. The molecule has 0 saturated carbocycles. The maximum Gasteiger partial charge on any atom is 0.254 e. The number of hydrogen-bond donors (Lipinski definition) is 0.